The van der Waals surface area contributed by atoms with E-state index in [0.717, 1.165) is 6.92 Å². The zero-order valence-electron chi connectivity index (χ0n) is 7.17. The standard InChI is InChI=1S/C8H15FO2/c1-5(2)4-7(11)8(9)6(3)10/h5,7-8,11H,4H2,1-3H3. The lowest BCUT2D eigenvalue weighted by molar-refractivity contribution is -0.125. The van der Waals surface area contributed by atoms with E-state index in [1.165, 1.54) is 0 Å². The number of aliphatic hydroxyl groups excluding tert-OH is 1. The van der Waals surface area contributed by atoms with Crippen LogP contribution in [0.2, 0.25) is 0 Å². The molecule has 0 aliphatic carbocycles. The minimum atomic E-state index is -1.71. The third-order valence-electron chi connectivity index (χ3n) is 1.44. The second-order valence-corrected chi connectivity index (χ2v) is 3.21. The molecule has 0 saturated heterocycles. The van der Waals surface area contributed by atoms with E-state index >= 15 is 0 Å². The summed E-state index contributed by atoms with van der Waals surface area (Å²) in [6, 6.07) is 0. The van der Waals surface area contributed by atoms with Gasteiger partial charge in [0.2, 0.25) is 0 Å². The van der Waals surface area contributed by atoms with Crippen molar-refractivity contribution in [3.8, 4) is 0 Å². The van der Waals surface area contributed by atoms with Crippen molar-refractivity contribution in [1.82, 2.24) is 0 Å². The van der Waals surface area contributed by atoms with E-state index in [4.69, 9.17) is 5.11 Å². The van der Waals surface area contributed by atoms with Gasteiger partial charge in [-0.1, -0.05) is 13.8 Å². The average molecular weight is 162 g/mol. The van der Waals surface area contributed by atoms with Crippen LogP contribution in [-0.4, -0.2) is 23.2 Å². The van der Waals surface area contributed by atoms with E-state index in [0.29, 0.717) is 6.42 Å². The van der Waals surface area contributed by atoms with Gasteiger partial charge in [0, 0.05) is 0 Å². The second kappa shape index (κ2) is 4.44. The second-order valence-electron chi connectivity index (χ2n) is 3.21. The summed E-state index contributed by atoms with van der Waals surface area (Å²) in [5, 5.41) is 9.06. The smallest absolute Gasteiger partial charge is 0.183 e. The molecule has 0 heterocycles. The van der Waals surface area contributed by atoms with Crippen molar-refractivity contribution in [2.45, 2.75) is 39.5 Å². The minimum absolute atomic E-state index is 0.211. The Morgan fingerprint density at radius 2 is 2.00 bits per heavy atom. The van der Waals surface area contributed by atoms with Gasteiger partial charge in [-0.3, -0.25) is 4.79 Å². The highest BCUT2D eigenvalue weighted by Crippen LogP contribution is 2.10. The molecule has 2 nitrogen and oxygen atoms in total. The van der Waals surface area contributed by atoms with Crippen molar-refractivity contribution >= 4 is 5.78 Å². The molecule has 0 rings (SSSR count). The Morgan fingerprint density at radius 3 is 2.27 bits per heavy atom. The Morgan fingerprint density at radius 1 is 1.55 bits per heavy atom. The molecule has 66 valence electrons. The van der Waals surface area contributed by atoms with Crippen LogP contribution < -0.4 is 0 Å². The lowest BCUT2D eigenvalue weighted by Crippen LogP contribution is -2.29. The Kier molecular flexibility index (Phi) is 4.26. The van der Waals surface area contributed by atoms with Gasteiger partial charge in [0.15, 0.2) is 12.0 Å². The summed E-state index contributed by atoms with van der Waals surface area (Å²) in [5.74, 6) is -0.388. The molecule has 2 unspecified atom stereocenters. The fourth-order valence-corrected chi connectivity index (χ4v) is 0.873. The van der Waals surface area contributed by atoms with Crippen molar-refractivity contribution in [2.24, 2.45) is 5.92 Å². The molecule has 0 radical (unpaired) electrons. The summed E-state index contributed by atoms with van der Waals surface area (Å²) in [6.07, 6.45) is -2.51. The SMILES string of the molecule is CC(=O)C(F)C(O)CC(C)C. The summed E-state index contributed by atoms with van der Waals surface area (Å²) < 4.78 is 12.7. The summed E-state index contributed by atoms with van der Waals surface area (Å²) in [5.41, 5.74) is 0. The minimum Gasteiger partial charge on any atom is -0.390 e. The molecule has 0 aromatic carbocycles. The molecule has 1 N–H and O–H groups in total. The zero-order chi connectivity index (χ0) is 9.02. The van der Waals surface area contributed by atoms with Crippen LogP contribution in [0.15, 0.2) is 0 Å². The van der Waals surface area contributed by atoms with Gasteiger partial charge in [-0.25, -0.2) is 4.39 Å². The number of carbonyl (C=O) groups excluding carboxylic acids is 1. The quantitative estimate of drug-likeness (QED) is 0.677. The van der Waals surface area contributed by atoms with E-state index in [9.17, 15) is 9.18 Å². The topological polar surface area (TPSA) is 37.3 Å². The van der Waals surface area contributed by atoms with Crippen LogP contribution in [0.3, 0.4) is 0 Å². The van der Waals surface area contributed by atoms with Crippen LogP contribution in [0.25, 0.3) is 0 Å². The van der Waals surface area contributed by atoms with Gasteiger partial charge >= 0.3 is 0 Å². The molecule has 0 bridgehead atoms. The monoisotopic (exact) mass is 162 g/mol. The number of hydrogen-bond acceptors (Lipinski definition) is 2. The maximum Gasteiger partial charge on any atom is 0.183 e. The average Bonchev–Trinajstić information content (AvgIpc) is 1.84. The van der Waals surface area contributed by atoms with Crippen molar-refractivity contribution in [2.75, 3.05) is 0 Å². The number of hydrogen-bond donors (Lipinski definition) is 1. The van der Waals surface area contributed by atoms with Crippen LogP contribution >= 0.6 is 0 Å². The van der Waals surface area contributed by atoms with Gasteiger partial charge in [-0.05, 0) is 19.3 Å². The van der Waals surface area contributed by atoms with Crippen LogP contribution in [-0.2, 0) is 4.79 Å². The summed E-state index contributed by atoms with van der Waals surface area (Å²) in [4.78, 5) is 10.4. The maximum absolute atomic E-state index is 12.7. The highest BCUT2D eigenvalue weighted by Gasteiger charge is 2.23. The molecule has 0 aliphatic heterocycles. The molecule has 0 saturated carbocycles. The molecular weight excluding hydrogens is 147 g/mol. The number of carbonyl (C=O) groups is 1. The number of alkyl halides is 1. The van der Waals surface area contributed by atoms with Gasteiger partial charge in [0.1, 0.15) is 0 Å². The first-order valence-electron chi connectivity index (χ1n) is 3.77. The third-order valence-corrected chi connectivity index (χ3v) is 1.44. The zero-order valence-corrected chi connectivity index (χ0v) is 7.17. The van der Waals surface area contributed by atoms with Gasteiger partial charge in [-0.15, -0.1) is 0 Å². The molecule has 0 aromatic rings. The van der Waals surface area contributed by atoms with E-state index in [2.05, 4.69) is 0 Å². The molecule has 0 spiro atoms. The predicted octanol–water partition coefficient (Wildman–Crippen LogP) is 1.32. The maximum atomic E-state index is 12.7. The lowest BCUT2D eigenvalue weighted by Gasteiger charge is -2.14. The Hall–Kier alpha value is -0.440. The van der Waals surface area contributed by atoms with Crippen molar-refractivity contribution in [1.29, 1.82) is 0 Å². The molecule has 0 fully saturated rings. The van der Waals surface area contributed by atoms with Crippen molar-refractivity contribution in [3.05, 3.63) is 0 Å². The van der Waals surface area contributed by atoms with Crippen LogP contribution in [0.1, 0.15) is 27.2 Å². The molecule has 11 heavy (non-hydrogen) atoms. The normalized spacial score (nSPS) is 16.5. The first-order valence-corrected chi connectivity index (χ1v) is 3.77. The molecular formula is C8H15FO2. The fourth-order valence-electron chi connectivity index (χ4n) is 0.873. The van der Waals surface area contributed by atoms with E-state index in [1.54, 1.807) is 0 Å². The van der Waals surface area contributed by atoms with E-state index < -0.39 is 18.1 Å². The number of aliphatic hydroxyl groups is 1. The molecule has 2 atom stereocenters. The van der Waals surface area contributed by atoms with E-state index in [-0.39, 0.29) is 5.92 Å². The van der Waals surface area contributed by atoms with Crippen molar-refractivity contribution < 1.29 is 14.3 Å². The van der Waals surface area contributed by atoms with Gasteiger partial charge in [0.05, 0.1) is 6.10 Å². The first kappa shape index (κ1) is 10.6. The molecule has 0 aliphatic rings. The Bertz CT molecular complexity index is 134. The number of Topliss-reactive ketones (excluding diaryl/α,β-unsaturated/α-hetero) is 1. The number of halogens is 1. The van der Waals surface area contributed by atoms with Crippen molar-refractivity contribution in [3.63, 3.8) is 0 Å². The highest BCUT2D eigenvalue weighted by molar-refractivity contribution is 5.80. The first-order chi connectivity index (χ1) is 4.95. The Labute approximate surface area is 66.4 Å². The summed E-state index contributed by atoms with van der Waals surface area (Å²) in [7, 11) is 0. The molecule has 3 heteroatoms. The van der Waals surface area contributed by atoms with Gasteiger partial charge in [0.25, 0.3) is 0 Å². The largest absolute Gasteiger partial charge is 0.390 e. The molecule has 0 aromatic heterocycles. The van der Waals surface area contributed by atoms with Crippen LogP contribution in [0.5, 0.6) is 0 Å². The fraction of sp³-hybridized carbons (Fsp3) is 0.875. The number of rotatable bonds is 4. The Balaban J connectivity index is 3.82. The van der Waals surface area contributed by atoms with Crippen LogP contribution in [0, 0.1) is 5.92 Å². The molecule has 0 amide bonds. The summed E-state index contributed by atoms with van der Waals surface area (Å²) >= 11 is 0. The lowest BCUT2D eigenvalue weighted by atomic mass is 10.0. The van der Waals surface area contributed by atoms with E-state index in [1.807, 2.05) is 13.8 Å². The van der Waals surface area contributed by atoms with Gasteiger partial charge in [-0.2, -0.15) is 0 Å². The summed E-state index contributed by atoms with van der Waals surface area (Å²) in [6.45, 7) is 4.89. The number of ketones is 1. The predicted molar refractivity (Wildman–Crippen MR) is 41.0 cm³/mol. The highest BCUT2D eigenvalue weighted by atomic mass is 19.1. The third kappa shape index (κ3) is 4.09. The van der Waals surface area contributed by atoms with Crippen LogP contribution in [0.4, 0.5) is 4.39 Å². The van der Waals surface area contributed by atoms with Gasteiger partial charge < -0.3 is 5.11 Å².